The second-order valence-electron chi connectivity index (χ2n) is 4.94. The maximum Gasteiger partial charge on any atom is 0.242 e. The van der Waals surface area contributed by atoms with E-state index in [1.165, 1.54) is 6.33 Å². The molecule has 1 aromatic rings. The highest BCUT2D eigenvalue weighted by Gasteiger charge is 2.20. The summed E-state index contributed by atoms with van der Waals surface area (Å²) in [5, 5.41) is 12.9. The third-order valence-corrected chi connectivity index (χ3v) is 3.44. The summed E-state index contributed by atoms with van der Waals surface area (Å²) in [6, 6.07) is 0. The standard InChI is InChI=1S/C13H22N4O2/c1-2-19-13-11(14)12(16-8-17-13)15-7-9-4-3-5-10(18)6-9/h8-10,18H,2-7,14H2,1H3,(H,15,16,17). The van der Waals surface area contributed by atoms with E-state index in [0.29, 0.717) is 29.9 Å². The smallest absolute Gasteiger partial charge is 0.242 e. The van der Waals surface area contributed by atoms with Gasteiger partial charge in [-0.1, -0.05) is 6.42 Å². The van der Waals surface area contributed by atoms with Crippen LogP contribution < -0.4 is 15.8 Å². The molecule has 0 bridgehead atoms. The second-order valence-corrected chi connectivity index (χ2v) is 4.94. The molecule has 2 rings (SSSR count). The fraction of sp³-hybridized carbons (Fsp3) is 0.692. The number of ether oxygens (including phenoxy) is 1. The van der Waals surface area contributed by atoms with E-state index >= 15 is 0 Å². The summed E-state index contributed by atoms with van der Waals surface area (Å²) in [6.07, 6.45) is 5.25. The zero-order valence-electron chi connectivity index (χ0n) is 11.3. The van der Waals surface area contributed by atoms with Gasteiger partial charge in [0, 0.05) is 6.54 Å². The van der Waals surface area contributed by atoms with Gasteiger partial charge in [0.15, 0.2) is 5.82 Å². The molecule has 19 heavy (non-hydrogen) atoms. The van der Waals surface area contributed by atoms with Crippen molar-refractivity contribution in [3.05, 3.63) is 6.33 Å². The normalized spacial score (nSPS) is 23.1. The van der Waals surface area contributed by atoms with E-state index in [0.717, 1.165) is 32.2 Å². The summed E-state index contributed by atoms with van der Waals surface area (Å²) in [6.45, 7) is 3.18. The number of hydrogen-bond acceptors (Lipinski definition) is 6. The minimum atomic E-state index is -0.165. The molecule has 0 spiro atoms. The second kappa shape index (κ2) is 6.56. The van der Waals surface area contributed by atoms with Crippen LogP contribution in [0.5, 0.6) is 5.88 Å². The number of hydrogen-bond donors (Lipinski definition) is 3. The lowest BCUT2D eigenvalue weighted by atomic mass is 9.87. The fourth-order valence-corrected chi connectivity index (χ4v) is 2.46. The first-order valence-corrected chi connectivity index (χ1v) is 6.86. The Morgan fingerprint density at radius 1 is 1.47 bits per heavy atom. The van der Waals surface area contributed by atoms with Gasteiger partial charge in [0.05, 0.1) is 12.7 Å². The van der Waals surface area contributed by atoms with Gasteiger partial charge in [-0.05, 0) is 32.1 Å². The fourth-order valence-electron chi connectivity index (χ4n) is 2.46. The molecule has 4 N–H and O–H groups in total. The Morgan fingerprint density at radius 3 is 3.05 bits per heavy atom. The average Bonchev–Trinajstić information content (AvgIpc) is 2.40. The number of nitrogens with two attached hydrogens (primary N) is 1. The summed E-state index contributed by atoms with van der Waals surface area (Å²) < 4.78 is 5.33. The van der Waals surface area contributed by atoms with Crippen LogP contribution in [0.2, 0.25) is 0 Å². The molecule has 1 aliphatic rings. The lowest BCUT2D eigenvalue weighted by Gasteiger charge is -2.26. The highest BCUT2D eigenvalue weighted by atomic mass is 16.5. The monoisotopic (exact) mass is 266 g/mol. The molecule has 1 aliphatic carbocycles. The van der Waals surface area contributed by atoms with Crippen LogP contribution >= 0.6 is 0 Å². The van der Waals surface area contributed by atoms with Crippen LogP contribution in [-0.2, 0) is 0 Å². The van der Waals surface area contributed by atoms with Crippen molar-refractivity contribution in [1.29, 1.82) is 0 Å². The molecule has 0 aromatic carbocycles. The van der Waals surface area contributed by atoms with Gasteiger partial charge in [0.1, 0.15) is 12.0 Å². The van der Waals surface area contributed by atoms with Crippen LogP contribution in [0.15, 0.2) is 6.33 Å². The molecule has 2 atom stereocenters. The van der Waals surface area contributed by atoms with Crippen LogP contribution in [0.3, 0.4) is 0 Å². The quantitative estimate of drug-likeness (QED) is 0.746. The molecule has 0 aliphatic heterocycles. The van der Waals surface area contributed by atoms with Crippen LogP contribution in [0.1, 0.15) is 32.6 Å². The van der Waals surface area contributed by atoms with Crippen LogP contribution in [0, 0.1) is 5.92 Å². The van der Waals surface area contributed by atoms with E-state index in [9.17, 15) is 5.11 Å². The molecule has 6 nitrogen and oxygen atoms in total. The number of aromatic nitrogens is 2. The van der Waals surface area contributed by atoms with E-state index < -0.39 is 0 Å². The molecule has 1 saturated carbocycles. The maximum absolute atomic E-state index is 9.65. The molecule has 106 valence electrons. The summed E-state index contributed by atoms with van der Waals surface area (Å²) >= 11 is 0. The van der Waals surface area contributed by atoms with Crippen molar-refractivity contribution in [2.75, 3.05) is 24.2 Å². The zero-order chi connectivity index (χ0) is 13.7. The van der Waals surface area contributed by atoms with E-state index in [1.807, 2.05) is 6.92 Å². The van der Waals surface area contributed by atoms with Gasteiger partial charge in [-0.25, -0.2) is 4.98 Å². The van der Waals surface area contributed by atoms with Gasteiger partial charge in [-0.2, -0.15) is 4.98 Å². The zero-order valence-corrected chi connectivity index (χ0v) is 11.3. The van der Waals surface area contributed by atoms with Gasteiger partial charge >= 0.3 is 0 Å². The van der Waals surface area contributed by atoms with Crippen LogP contribution in [0.25, 0.3) is 0 Å². The Morgan fingerprint density at radius 2 is 2.32 bits per heavy atom. The van der Waals surface area contributed by atoms with Crippen molar-refractivity contribution in [2.45, 2.75) is 38.7 Å². The van der Waals surface area contributed by atoms with Gasteiger partial charge in [-0.3, -0.25) is 0 Å². The minimum Gasteiger partial charge on any atom is -0.476 e. The minimum absolute atomic E-state index is 0.165. The first-order valence-electron chi connectivity index (χ1n) is 6.86. The molecule has 1 aromatic heterocycles. The van der Waals surface area contributed by atoms with Crippen molar-refractivity contribution in [1.82, 2.24) is 9.97 Å². The number of nitrogens with one attached hydrogen (secondary N) is 1. The van der Waals surface area contributed by atoms with Crippen molar-refractivity contribution in [2.24, 2.45) is 5.92 Å². The highest BCUT2D eigenvalue weighted by molar-refractivity contribution is 5.66. The number of aliphatic hydroxyl groups is 1. The van der Waals surface area contributed by atoms with Crippen molar-refractivity contribution in [3.8, 4) is 5.88 Å². The average molecular weight is 266 g/mol. The molecular formula is C13H22N4O2. The number of anilines is 2. The first-order chi connectivity index (χ1) is 9.20. The molecular weight excluding hydrogens is 244 g/mol. The maximum atomic E-state index is 9.65. The summed E-state index contributed by atoms with van der Waals surface area (Å²) in [5.74, 6) is 1.50. The summed E-state index contributed by atoms with van der Waals surface area (Å²) in [5.41, 5.74) is 6.40. The summed E-state index contributed by atoms with van der Waals surface area (Å²) in [7, 11) is 0. The number of rotatable bonds is 5. The number of nitrogen functional groups attached to an aromatic ring is 1. The van der Waals surface area contributed by atoms with E-state index in [-0.39, 0.29) is 6.10 Å². The lowest BCUT2D eigenvalue weighted by molar-refractivity contribution is 0.104. The predicted octanol–water partition coefficient (Wildman–Crippen LogP) is 1.42. The Kier molecular flexibility index (Phi) is 4.79. The largest absolute Gasteiger partial charge is 0.476 e. The first kappa shape index (κ1) is 13.9. The van der Waals surface area contributed by atoms with Gasteiger partial charge in [0.25, 0.3) is 0 Å². The Bertz CT molecular complexity index is 414. The molecule has 2 unspecified atom stereocenters. The SMILES string of the molecule is CCOc1ncnc(NCC2CCCC(O)C2)c1N. The summed E-state index contributed by atoms with van der Waals surface area (Å²) in [4.78, 5) is 8.13. The van der Waals surface area contributed by atoms with Crippen molar-refractivity contribution in [3.63, 3.8) is 0 Å². The number of aliphatic hydroxyl groups excluding tert-OH is 1. The molecule has 1 fully saturated rings. The van der Waals surface area contributed by atoms with E-state index in [4.69, 9.17) is 10.5 Å². The van der Waals surface area contributed by atoms with Gasteiger partial charge < -0.3 is 20.9 Å². The lowest BCUT2D eigenvalue weighted by Crippen LogP contribution is -2.25. The highest BCUT2D eigenvalue weighted by Crippen LogP contribution is 2.27. The Balaban J connectivity index is 1.93. The molecule has 1 heterocycles. The van der Waals surface area contributed by atoms with E-state index in [1.54, 1.807) is 0 Å². The molecule has 6 heteroatoms. The Labute approximate surface area is 113 Å². The third-order valence-electron chi connectivity index (χ3n) is 3.44. The third kappa shape index (κ3) is 3.70. The van der Waals surface area contributed by atoms with Crippen LogP contribution in [0.4, 0.5) is 11.5 Å². The molecule has 0 radical (unpaired) electrons. The van der Waals surface area contributed by atoms with E-state index in [2.05, 4.69) is 15.3 Å². The van der Waals surface area contributed by atoms with Crippen LogP contribution in [-0.4, -0.2) is 34.3 Å². The van der Waals surface area contributed by atoms with Crippen molar-refractivity contribution < 1.29 is 9.84 Å². The predicted molar refractivity (Wildman–Crippen MR) is 74.1 cm³/mol. The Hall–Kier alpha value is -1.56. The van der Waals surface area contributed by atoms with Gasteiger partial charge in [0.2, 0.25) is 5.88 Å². The van der Waals surface area contributed by atoms with Gasteiger partial charge in [-0.15, -0.1) is 0 Å². The number of nitrogens with zero attached hydrogens (tertiary/aromatic N) is 2. The molecule has 0 amide bonds. The molecule has 0 saturated heterocycles. The topological polar surface area (TPSA) is 93.3 Å². The van der Waals surface area contributed by atoms with Crippen molar-refractivity contribution >= 4 is 11.5 Å².